The van der Waals surface area contributed by atoms with E-state index in [4.69, 9.17) is 9.84 Å². The Kier molecular flexibility index (Phi) is 4.20. The first-order valence-corrected chi connectivity index (χ1v) is 7.25. The van der Waals surface area contributed by atoms with E-state index in [-0.39, 0.29) is 22.9 Å². The van der Waals surface area contributed by atoms with E-state index in [2.05, 4.69) is 0 Å². The molecule has 0 radical (unpaired) electrons. The van der Waals surface area contributed by atoms with Crippen LogP contribution in [0, 0.1) is 20.2 Å². The molecule has 0 amide bonds. The SMILES string of the molecule is O=c1c2cc([N+](=O)[O-])ccc2c([N+](=O)[O-])cn1[C@H]1C[C@H](O)[C@@H](CO)O1. The molecule has 2 N–H and O–H groups in total. The van der Waals surface area contributed by atoms with Crippen LogP contribution in [-0.4, -0.2) is 43.4 Å². The zero-order valence-electron chi connectivity index (χ0n) is 12.6. The number of ether oxygens (including phenoxy) is 1. The number of non-ortho nitro benzene ring substituents is 1. The highest BCUT2D eigenvalue weighted by Gasteiger charge is 2.36. The molecule has 11 nitrogen and oxygen atoms in total. The molecular weight excluding hydrogens is 338 g/mol. The molecule has 1 aliphatic rings. The molecule has 0 bridgehead atoms. The highest BCUT2D eigenvalue weighted by atomic mass is 16.6. The van der Waals surface area contributed by atoms with Gasteiger partial charge in [-0.3, -0.25) is 29.6 Å². The zero-order chi connectivity index (χ0) is 18.3. The van der Waals surface area contributed by atoms with Gasteiger partial charge < -0.3 is 14.9 Å². The van der Waals surface area contributed by atoms with E-state index in [9.17, 15) is 30.1 Å². The summed E-state index contributed by atoms with van der Waals surface area (Å²) >= 11 is 0. The summed E-state index contributed by atoms with van der Waals surface area (Å²) in [5, 5.41) is 40.9. The largest absolute Gasteiger partial charge is 0.394 e. The van der Waals surface area contributed by atoms with Gasteiger partial charge in [-0.2, -0.15) is 0 Å². The fourth-order valence-electron chi connectivity index (χ4n) is 2.85. The minimum atomic E-state index is -1.04. The van der Waals surface area contributed by atoms with E-state index < -0.39 is 46.1 Å². The Balaban J connectivity index is 2.22. The summed E-state index contributed by atoms with van der Waals surface area (Å²) in [6.07, 6.45) is -2.06. The molecule has 0 spiro atoms. The van der Waals surface area contributed by atoms with Crippen LogP contribution in [0.25, 0.3) is 10.8 Å². The molecule has 1 aliphatic heterocycles. The first kappa shape index (κ1) is 17.0. The summed E-state index contributed by atoms with van der Waals surface area (Å²) in [6.45, 7) is -0.479. The normalized spacial score (nSPS) is 23.0. The van der Waals surface area contributed by atoms with Crippen LogP contribution in [0.3, 0.4) is 0 Å². The lowest BCUT2D eigenvalue weighted by atomic mass is 10.1. The maximum Gasteiger partial charge on any atom is 0.293 e. The van der Waals surface area contributed by atoms with Gasteiger partial charge in [0.1, 0.15) is 12.3 Å². The molecule has 3 atom stereocenters. The average Bonchev–Trinajstić information content (AvgIpc) is 2.95. The number of rotatable bonds is 4. The van der Waals surface area contributed by atoms with Gasteiger partial charge in [0.25, 0.3) is 16.9 Å². The molecule has 0 aliphatic carbocycles. The number of pyridine rings is 1. The molecule has 1 aromatic carbocycles. The molecular formula is C14H13N3O8. The maximum atomic E-state index is 12.7. The fraction of sp³-hybridized carbons (Fsp3) is 0.357. The van der Waals surface area contributed by atoms with Crippen LogP contribution < -0.4 is 5.56 Å². The lowest BCUT2D eigenvalue weighted by Crippen LogP contribution is -2.26. The summed E-state index contributed by atoms with van der Waals surface area (Å²) in [6, 6.07) is 3.20. The van der Waals surface area contributed by atoms with Gasteiger partial charge in [-0.25, -0.2) is 0 Å². The molecule has 1 fully saturated rings. The smallest absolute Gasteiger partial charge is 0.293 e. The summed E-state index contributed by atoms with van der Waals surface area (Å²) in [5.41, 5.74) is -1.52. The Morgan fingerprint density at radius 2 is 1.96 bits per heavy atom. The number of hydrogen-bond donors (Lipinski definition) is 2. The number of nitro groups is 2. The van der Waals surface area contributed by atoms with Gasteiger partial charge in [-0.15, -0.1) is 0 Å². The summed E-state index contributed by atoms with van der Waals surface area (Å²) < 4.78 is 6.28. The van der Waals surface area contributed by atoms with Crippen molar-refractivity contribution in [2.75, 3.05) is 6.61 Å². The van der Waals surface area contributed by atoms with Gasteiger partial charge >= 0.3 is 0 Å². The van der Waals surface area contributed by atoms with Crippen molar-refractivity contribution < 1.29 is 24.8 Å². The Bertz CT molecular complexity index is 924. The highest BCUT2D eigenvalue weighted by Crippen LogP contribution is 2.31. The van der Waals surface area contributed by atoms with Gasteiger partial charge in [0.15, 0.2) is 0 Å². The monoisotopic (exact) mass is 351 g/mol. The molecule has 132 valence electrons. The highest BCUT2D eigenvalue weighted by molar-refractivity contribution is 5.91. The second kappa shape index (κ2) is 6.20. The summed E-state index contributed by atoms with van der Waals surface area (Å²) in [4.78, 5) is 33.5. The van der Waals surface area contributed by atoms with E-state index in [0.29, 0.717) is 0 Å². The first-order valence-electron chi connectivity index (χ1n) is 7.25. The van der Waals surface area contributed by atoms with Crippen molar-refractivity contribution in [1.82, 2.24) is 4.57 Å². The summed E-state index contributed by atoms with van der Waals surface area (Å²) in [5.74, 6) is 0. The lowest BCUT2D eigenvalue weighted by Gasteiger charge is -2.15. The van der Waals surface area contributed by atoms with Crippen LogP contribution in [0.4, 0.5) is 11.4 Å². The third-order valence-electron chi connectivity index (χ3n) is 4.11. The van der Waals surface area contributed by atoms with E-state index in [1.54, 1.807) is 0 Å². The van der Waals surface area contributed by atoms with Crippen molar-refractivity contribution in [3.63, 3.8) is 0 Å². The van der Waals surface area contributed by atoms with Gasteiger partial charge in [0.2, 0.25) is 0 Å². The first-order chi connectivity index (χ1) is 11.8. The van der Waals surface area contributed by atoms with Crippen LogP contribution in [0.15, 0.2) is 29.2 Å². The van der Waals surface area contributed by atoms with Crippen LogP contribution in [-0.2, 0) is 4.74 Å². The van der Waals surface area contributed by atoms with Crippen molar-refractivity contribution in [3.8, 4) is 0 Å². The molecule has 2 heterocycles. The quantitative estimate of drug-likeness (QED) is 0.593. The van der Waals surface area contributed by atoms with Crippen LogP contribution >= 0.6 is 0 Å². The Labute approximate surface area is 139 Å². The summed E-state index contributed by atoms with van der Waals surface area (Å²) in [7, 11) is 0. The molecule has 1 aromatic heterocycles. The maximum absolute atomic E-state index is 12.7. The standard InChI is InChI=1S/C14H13N3O8/c18-6-12-11(19)4-13(25-12)15-5-10(17(23)24)8-2-1-7(16(21)22)3-9(8)14(15)20/h1-3,5,11-13,18-19H,4,6H2/t11-,12+,13+/m0/s1. The Hall–Kier alpha value is -2.89. The molecule has 11 heteroatoms. The van der Waals surface area contributed by atoms with E-state index in [1.807, 2.05) is 0 Å². The van der Waals surface area contributed by atoms with Gasteiger partial charge in [-0.1, -0.05) is 0 Å². The van der Waals surface area contributed by atoms with E-state index in [1.165, 1.54) is 0 Å². The third kappa shape index (κ3) is 2.84. The number of benzene rings is 1. The molecule has 25 heavy (non-hydrogen) atoms. The van der Waals surface area contributed by atoms with Gasteiger partial charge in [0, 0.05) is 18.6 Å². The Morgan fingerprint density at radius 3 is 2.52 bits per heavy atom. The predicted octanol–water partition coefficient (Wildman–Crippen LogP) is 0.459. The minimum absolute atomic E-state index is 0.0332. The van der Waals surface area contributed by atoms with Crippen molar-refractivity contribution >= 4 is 22.1 Å². The second-order valence-corrected chi connectivity index (χ2v) is 5.59. The second-order valence-electron chi connectivity index (χ2n) is 5.59. The number of nitrogens with zero attached hydrogens (tertiary/aromatic N) is 3. The third-order valence-corrected chi connectivity index (χ3v) is 4.11. The predicted molar refractivity (Wildman–Crippen MR) is 83.1 cm³/mol. The van der Waals surface area contributed by atoms with Crippen LogP contribution in [0.5, 0.6) is 0 Å². The lowest BCUT2D eigenvalue weighted by molar-refractivity contribution is -0.385. The molecule has 1 saturated heterocycles. The Morgan fingerprint density at radius 1 is 1.24 bits per heavy atom. The number of aromatic nitrogens is 1. The fourth-order valence-corrected chi connectivity index (χ4v) is 2.85. The van der Waals surface area contributed by atoms with Gasteiger partial charge in [0.05, 0.1) is 39.5 Å². The van der Waals surface area contributed by atoms with Crippen molar-refractivity contribution in [2.45, 2.75) is 24.9 Å². The molecule has 0 unspecified atom stereocenters. The average molecular weight is 351 g/mol. The van der Waals surface area contributed by atoms with Crippen LogP contribution in [0.1, 0.15) is 12.6 Å². The van der Waals surface area contributed by atoms with Crippen molar-refractivity contribution in [2.24, 2.45) is 0 Å². The van der Waals surface area contributed by atoms with Crippen LogP contribution in [0.2, 0.25) is 0 Å². The van der Waals surface area contributed by atoms with Gasteiger partial charge in [-0.05, 0) is 6.07 Å². The number of nitro benzene ring substituents is 1. The van der Waals surface area contributed by atoms with E-state index in [0.717, 1.165) is 29.0 Å². The number of fused-ring (bicyclic) bond motifs is 1. The van der Waals surface area contributed by atoms with E-state index >= 15 is 0 Å². The van der Waals surface area contributed by atoms with Crippen molar-refractivity contribution in [3.05, 3.63) is 55.0 Å². The minimum Gasteiger partial charge on any atom is -0.394 e. The number of aliphatic hydroxyl groups is 2. The molecule has 2 aromatic rings. The van der Waals surface area contributed by atoms with Crippen molar-refractivity contribution in [1.29, 1.82) is 0 Å². The molecule has 0 saturated carbocycles. The number of aliphatic hydroxyl groups excluding tert-OH is 2. The zero-order valence-corrected chi connectivity index (χ0v) is 12.6. The number of hydrogen-bond acceptors (Lipinski definition) is 8. The topological polar surface area (TPSA) is 158 Å². The molecule has 3 rings (SSSR count).